The number of hydrogen-bond donors (Lipinski definition) is 2. The van der Waals surface area contributed by atoms with Crippen LogP contribution in [0.25, 0.3) is 0 Å². The second-order valence-electron chi connectivity index (χ2n) is 11.5. The maximum absolute atomic E-state index is 13.6. The number of carbonyl (C=O) groups excluding carboxylic acids is 2. The van der Waals surface area contributed by atoms with E-state index in [0.29, 0.717) is 23.2 Å². The first-order valence-electron chi connectivity index (χ1n) is 12.9. The molecule has 0 amide bonds. The van der Waals surface area contributed by atoms with Crippen molar-refractivity contribution in [3.05, 3.63) is 35.1 Å². The topological polar surface area (TPSA) is 121 Å². The Bertz CT molecular complexity index is 1120. The van der Waals surface area contributed by atoms with E-state index in [4.69, 9.17) is 23.7 Å². The monoisotopic (exact) mass is 516 g/mol. The third-order valence-electron chi connectivity index (χ3n) is 8.47. The summed E-state index contributed by atoms with van der Waals surface area (Å²) in [6.07, 6.45) is 5.17. The van der Waals surface area contributed by atoms with E-state index in [2.05, 4.69) is 6.08 Å². The van der Waals surface area contributed by atoms with Crippen LogP contribution in [0.1, 0.15) is 69.4 Å². The van der Waals surface area contributed by atoms with Crippen molar-refractivity contribution in [3.63, 3.8) is 0 Å². The predicted octanol–water partition coefficient (Wildman–Crippen LogP) is 3.14. The number of esters is 2. The van der Waals surface area contributed by atoms with Gasteiger partial charge < -0.3 is 33.9 Å². The van der Waals surface area contributed by atoms with Gasteiger partial charge in [-0.3, -0.25) is 4.79 Å². The van der Waals surface area contributed by atoms with Crippen molar-refractivity contribution in [1.29, 1.82) is 0 Å². The molecule has 202 valence electrons. The minimum Gasteiger partial charge on any atom is -0.497 e. The summed E-state index contributed by atoms with van der Waals surface area (Å²) in [7, 11) is 2.73. The van der Waals surface area contributed by atoms with Crippen LogP contribution < -0.4 is 9.47 Å². The van der Waals surface area contributed by atoms with Crippen LogP contribution in [0, 0.1) is 11.3 Å². The molecule has 5 atom stereocenters. The van der Waals surface area contributed by atoms with Crippen molar-refractivity contribution in [2.45, 2.75) is 82.0 Å². The number of ether oxygens (including phenoxy) is 5. The number of aliphatic hydroxyl groups is 2. The zero-order valence-corrected chi connectivity index (χ0v) is 21.9. The maximum atomic E-state index is 13.6. The molecular formula is C28H36O9. The number of methoxy groups -OCH3 is 2. The summed E-state index contributed by atoms with van der Waals surface area (Å²) in [5.74, 6) is 0.244. The molecule has 0 radical (unpaired) electrons. The molecule has 1 saturated carbocycles. The van der Waals surface area contributed by atoms with Crippen molar-refractivity contribution in [3.8, 4) is 11.5 Å². The zero-order chi connectivity index (χ0) is 26.6. The standard InChI is InChI=1S/C28H36O9/c1-26(2,31)14-28(32,13-22(29)34-4)25(30)37-24-21(33-3)12-27-9-5-6-17(27)8-7-16-10-19-20(36-15-35-19)11-18(16)23(24)27/h10-12,17,23-24,31-32H,5-9,13-15H2,1-4H3/t17?,23-,24?,27-,28+/m1/s1. The third-order valence-corrected chi connectivity index (χ3v) is 8.47. The van der Waals surface area contributed by atoms with Gasteiger partial charge in [-0.15, -0.1) is 0 Å². The van der Waals surface area contributed by atoms with Crippen molar-refractivity contribution in [2.24, 2.45) is 11.3 Å². The predicted molar refractivity (Wildman–Crippen MR) is 131 cm³/mol. The van der Waals surface area contributed by atoms with Gasteiger partial charge in [0.25, 0.3) is 0 Å². The Morgan fingerprint density at radius 1 is 1.14 bits per heavy atom. The molecule has 2 N–H and O–H groups in total. The highest BCUT2D eigenvalue weighted by Crippen LogP contribution is 2.64. The molecule has 1 spiro atoms. The van der Waals surface area contributed by atoms with E-state index in [1.54, 1.807) is 7.11 Å². The minimum atomic E-state index is -2.28. The van der Waals surface area contributed by atoms with E-state index in [-0.39, 0.29) is 18.1 Å². The minimum absolute atomic E-state index is 0.161. The van der Waals surface area contributed by atoms with E-state index >= 15 is 0 Å². The van der Waals surface area contributed by atoms with Gasteiger partial charge in [0, 0.05) is 17.8 Å². The largest absolute Gasteiger partial charge is 0.497 e. The van der Waals surface area contributed by atoms with Gasteiger partial charge in [0.1, 0.15) is 5.76 Å². The van der Waals surface area contributed by atoms with Crippen LogP contribution in [-0.2, 0) is 30.2 Å². The average molecular weight is 517 g/mol. The smallest absolute Gasteiger partial charge is 0.339 e. The fourth-order valence-electron chi connectivity index (χ4n) is 7.07. The molecule has 1 aromatic rings. The number of rotatable bonds is 7. The lowest BCUT2D eigenvalue weighted by Crippen LogP contribution is -2.49. The van der Waals surface area contributed by atoms with Gasteiger partial charge in [-0.2, -0.15) is 0 Å². The Morgan fingerprint density at radius 2 is 1.86 bits per heavy atom. The number of hydrogen-bond acceptors (Lipinski definition) is 9. The highest BCUT2D eigenvalue weighted by Gasteiger charge is 2.59. The quantitative estimate of drug-likeness (QED) is 0.527. The fourth-order valence-corrected chi connectivity index (χ4v) is 7.07. The van der Waals surface area contributed by atoms with E-state index in [0.717, 1.165) is 43.2 Å². The van der Waals surface area contributed by atoms with Crippen molar-refractivity contribution < 1.29 is 43.5 Å². The van der Waals surface area contributed by atoms with Gasteiger partial charge in [-0.05, 0) is 74.8 Å². The summed E-state index contributed by atoms with van der Waals surface area (Å²) in [5, 5.41) is 21.8. The number of aryl methyl sites for hydroxylation is 1. The van der Waals surface area contributed by atoms with Crippen LogP contribution in [0.3, 0.4) is 0 Å². The first-order chi connectivity index (χ1) is 17.5. The highest BCUT2D eigenvalue weighted by molar-refractivity contribution is 5.86. The Labute approximate surface area is 216 Å². The summed E-state index contributed by atoms with van der Waals surface area (Å²) in [6, 6.07) is 4.02. The van der Waals surface area contributed by atoms with E-state index < -0.39 is 42.1 Å². The highest BCUT2D eigenvalue weighted by atomic mass is 16.7. The van der Waals surface area contributed by atoms with Gasteiger partial charge >= 0.3 is 11.9 Å². The molecule has 0 bridgehead atoms. The van der Waals surface area contributed by atoms with Crippen molar-refractivity contribution >= 4 is 11.9 Å². The number of benzene rings is 1. The van der Waals surface area contributed by atoms with Gasteiger partial charge in [0.2, 0.25) is 6.79 Å². The molecule has 1 aromatic carbocycles. The van der Waals surface area contributed by atoms with Gasteiger partial charge in [0.05, 0.1) is 26.2 Å². The molecule has 1 aliphatic heterocycles. The lowest BCUT2D eigenvalue weighted by molar-refractivity contribution is -0.183. The molecule has 1 fully saturated rings. The maximum Gasteiger partial charge on any atom is 0.339 e. The number of fused-ring (bicyclic) bond motifs is 3. The molecule has 0 aromatic heterocycles. The number of carbonyl (C=O) groups is 2. The van der Waals surface area contributed by atoms with Crippen LogP contribution in [0.5, 0.6) is 11.5 Å². The molecule has 0 saturated heterocycles. The van der Waals surface area contributed by atoms with E-state index in [9.17, 15) is 19.8 Å². The Hall–Kier alpha value is -2.78. The molecule has 2 unspecified atom stereocenters. The van der Waals surface area contributed by atoms with Crippen LogP contribution in [0.2, 0.25) is 0 Å². The molecule has 4 aliphatic rings. The van der Waals surface area contributed by atoms with Crippen LogP contribution in [0.4, 0.5) is 0 Å². The van der Waals surface area contributed by atoms with Gasteiger partial charge in [-0.1, -0.05) is 6.42 Å². The van der Waals surface area contributed by atoms with E-state index in [1.165, 1.54) is 21.0 Å². The molecule has 37 heavy (non-hydrogen) atoms. The fraction of sp³-hybridized carbons (Fsp3) is 0.643. The number of allylic oxidation sites excluding steroid dienone is 1. The first-order valence-corrected chi connectivity index (χ1v) is 12.9. The summed E-state index contributed by atoms with van der Waals surface area (Å²) >= 11 is 0. The average Bonchev–Trinajstić information content (AvgIpc) is 3.51. The van der Waals surface area contributed by atoms with Crippen molar-refractivity contribution in [1.82, 2.24) is 0 Å². The summed E-state index contributed by atoms with van der Waals surface area (Å²) < 4.78 is 27.9. The van der Waals surface area contributed by atoms with Gasteiger partial charge in [0.15, 0.2) is 23.2 Å². The zero-order valence-electron chi connectivity index (χ0n) is 21.9. The summed E-state index contributed by atoms with van der Waals surface area (Å²) in [6.45, 7) is 3.08. The normalized spacial score (nSPS) is 29.2. The van der Waals surface area contributed by atoms with Crippen molar-refractivity contribution in [2.75, 3.05) is 21.0 Å². The van der Waals surface area contributed by atoms with Crippen LogP contribution in [-0.4, -0.2) is 60.5 Å². The second-order valence-corrected chi connectivity index (χ2v) is 11.5. The van der Waals surface area contributed by atoms with Crippen LogP contribution in [0.15, 0.2) is 24.0 Å². The summed E-state index contributed by atoms with van der Waals surface area (Å²) in [5.41, 5.74) is -1.85. The third kappa shape index (κ3) is 4.46. The SMILES string of the molecule is COC(=O)C[C@](O)(CC(C)(C)O)C(=O)OC1C(OC)=C[C@]23CCCC2CCc2cc4c(cc2[C@H]13)OCO4. The lowest BCUT2D eigenvalue weighted by Gasteiger charge is -2.38. The van der Waals surface area contributed by atoms with Crippen LogP contribution >= 0.6 is 0 Å². The first kappa shape index (κ1) is 25.9. The molecule has 1 heterocycles. The Morgan fingerprint density at radius 3 is 2.54 bits per heavy atom. The molecule has 9 nitrogen and oxygen atoms in total. The molecule has 3 aliphatic carbocycles. The Kier molecular flexibility index (Phi) is 6.43. The molecular weight excluding hydrogens is 480 g/mol. The lowest BCUT2D eigenvalue weighted by atomic mass is 9.67. The van der Waals surface area contributed by atoms with Gasteiger partial charge in [-0.25, -0.2) is 4.79 Å². The molecule has 5 rings (SSSR count). The Balaban J connectivity index is 1.56. The summed E-state index contributed by atoms with van der Waals surface area (Å²) in [4.78, 5) is 25.8. The molecule has 9 heteroatoms. The van der Waals surface area contributed by atoms with E-state index in [1.807, 2.05) is 12.1 Å². The second kappa shape index (κ2) is 9.20.